The molecule has 0 radical (unpaired) electrons. The lowest BCUT2D eigenvalue weighted by molar-refractivity contribution is -0.140. The van der Waals surface area contributed by atoms with Crippen molar-refractivity contribution in [3.8, 4) is 0 Å². The summed E-state index contributed by atoms with van der Waals surface area (Å²) in [4.78, 5) is 27.7. The number of nitrogens with one attached hydrogen (secondary N) is 4. The normalized spacial score (nSPS) is 14.4. The lowest BCUT2D eigenvalue weighted by atomic mass is 9.99. The number of carbonyl (C=O) groups is 1. The lowest BCUT2D eigenvalue weighted by Gasteiger charge is -2.23. The highest BCUT2D eigenvalue weighted by Gasteiger charge is 2.26. The standard InChI is InChI=1S/C12H16N4O3/c1-13-9(10(14-2)11(17)18)6-3-4-7-8(5-6)16-12(19)15-7/h3-5,9-10,13-14H,1-2H3,(H,17,18)(H2,15,16,19). The molecule has 7 heteroatoms. The van der Waals surface area contributed by atoms with Gasteiger partial charge in [-0.25, -0.2) is 4.79 Å². The molecule has 2 atom stereocenters. The molecule has 0 aliphatic carbocycles. The maximum absolute atomic E-state index is 11.2. The van der Waals surface area contributed by atoms with Gasteiger partial charge in [-0.15, -0.1) is 0 Å². The van der Waals surface area contributed by atoms with Crippen LogP contribution in [0.25, 0.3) is 11.0 Å². The molecule has 2 rings (SSSR count). The monoisotopic (exact) mass is 264 g/mol. The summed E-state index contributed by atoms with van der Waals surface area (Å²) >= 11 is 0. The Labute approximate surface area is 109 Å². The fraction of sp³-hybridized carbons (Fsp3) is 0.333. The van der Waals surface area contributed by atoms with Crippen molar-refractivity contribution < 1.29 is 9.90 Å². The molecule has 0 amide bonds. The number of aliphatic carboxylic acids is 1. The third-order valence-electron chi connectivity index (χ3n) is 3.12. The second-order valence-electron chi connectivity index (χ2n) is 4.26. The molecule has 0 bridgehead atoms. The Morgan fingerprint density at radius 1 is 1.21 bits per heavy atom. The Balaban J connectivity index is 2.44. The third kappa shape index (κ3) is 2.51. The average molecular weight is 264 g/mol. The second kappa shape index (κ2) is 5.25. The van der Waals surface area contributed by atoms with Gasteiger partial charge < -0.3 is 25.7 Å². The molecule has 0 saturated heterocycles. The summed E-state index contributed by atoms with van der Waals surface area (Å²) < 4.78 is 0. The first-order chi connectivity index (χ1) is 9.06. The van der Waals surface area contributed by atoms with Crippen molar-refractivity contribution in [3.05, 3.63) is 34.2 Å². The molecule has 7 nitrogen and oxygen atoms in total. The van der Waals surface area contributed by atoms with E-state index in [0.29, 0.717) is 11.0 Å². The molecular weight excluding hydrogens is 248 g/mol. The molecule has 1 aromatic heterocycles. The number of H-pyrrole nitrogens is 2. The number of aromatic amines is 2. The summed E-state index contributed by atoms with van der Waals surface area (Å²) in [6.45, 7) is 0. The van der Waals surface area contributed by atoms with Crippen molar-refractivity contribution in [1.82, 2.24) is 20.6 Å². The van der Waals surface area contributed by atoms with E-state index in [1.165, 1.54) is 0 Å². The zero-order chi connectivity index (χ0) is 14.0. The molecular formula is C12H16N4O3. The van der Waals surface area contributed by atoms with Crippen LogP contribution < -0.4 is 16.3 Å². The van der Waals surface area contributed by atoms with Gasteiger partial charge in [-0.3, -0.25) is 4.79 Å². The summed E-state index contributed by atoms with van der Waals surface area (Å²) in [5.74, 6) is -0.940. The van der Waals surface area contributed by atoms with Crippen LogP contribution in [0.4, 0.5) is 0 Å². The Kier molecular flexibility index (Phi) is 3.68. The predicted octanol–water partition coefficient (Wildman–Crippen LogP) is -0.211. The summed E-state index contributed by atoms with van der Waals surface area (Å²) in [5.41, 5.74) is 1.85. The molecule has 102 valence electrons. The minimum Gasteiger partial charge on any atom is -0.480 e. The topological polar surface area (TPSA) is 110 Å². The van der Waals surface area contributed by atoms with Crippen LogP contribution in [-0.2, 0) is 4.79 Å². The van der Waals surface area contributed by atoms with Crippen LogP contribution in [0.2, 0.25) is 0 Å². The first-order valence-electron chi connectivity index (χ1n) is 5.86. The van der Waals surface area contributed by atoms with E-state index in [1.54, 1.807) is 32.3 Å². The molecule has 2 aromatic rings. The van der Waals surface area contributed by atoms with E-state index in [0.717, 1.165) is 5.56 Å². The van der Waals surface area contributed by atoms with Crippen molar-refractivity contribution >= 4 is 17.0 Å². The molecule has 0 fully saturated rings. The van der Waals surface area contributed by atoms with Gasteiger partial charge in [0.2, 0.25) is 0 Å². The van der Waals surface area contributed by atoms with Crippen molar-refractivity contribution in [2.45, 2.75) is 12.1 Å². The summed E-state index contributed by atoms with van der Waals surface area (Å²) in [5, 5.41) is 14.9. The second-order valence-corrected chi connectivity index (χ2v) is 4.26. The van der Waals surface area contributed by atoms with Gasteiger partial charge in [-0.1, -0.05) is 6.07 Å². The molecule has 1 aromatic carbocycles. The minimum atomic E-state index is -0.940. The van der Waals surface area contributed by atoms with Gasteiger partial charge in [0.15, 0.2) is 0 Å². The van der Waals surface area contributed by atoms with Gasteiger partial charge in [-0.2, -0.15) is 0 Å². The van der Waals surface area contributed by atoms with Crippen LogP contribution in [0.3, 0.4) is 0 Å². The first-order valence-corrected chi connectivity index (χ1v) is 5.86. The van der Waals surface area contributed by atoms with E-state index >= 15 is 0 Å². The van der Waals surface area contributed by atoms with Gasteiger partial charge in [0.05, 0.1) is 17.1 Å². The summed E-state index contributed by atoms with van der Waals surface area (Å²) in [6, 6.07) is 4.15. The van der Waals surface area contributed by atoms with Crippen LogP contribution in [-0.4, -0.2) is 41.2 Å². The Bertz CT molecular complexity index is 646. The first kappa shape index (κ1) is 13.3. The molecule has 0 aliphatic rings. The minimum absolute atomic E-state index is 0.281. The number of benzene rings is 1. The van der Waals surface area contributed by atoms with E-state index in [-0.39, 0.29) is 5.69 Å². The highest BCUT2D eigenvalue weighted by molar-refractivity contribution is 5.77. The molecule has 2 unspecified atom stereocenters. The number of aromatic nitrogens is 2. The van der Waals surface area contributed by atoms with Gasteiger partial charge in [0, 0.05) is 0 Å². The number of hydrogen-bond acceptors (Lipinski definition) is 4. The van der Waals surface area contributed by atoms with E-state index in [2.05, 4.69) is 20.6 Å². The summed E-state index contributed by atoms with van der Waals surface area (Å²) in [6.07, 6.45) is 0. The molecule has 5 N–H and O–H groups in total. The van der Waals surface area contributed by atoms with E-state index in [4.69, 9.17) is 0 Å². The Morgan fingerprint density at radius 3 is 2.47 bits per heavy atom. The van der Waals surface area contributed by atoms with Crippen molar-refractivity contribution in [3.63, 3.8) is 0 Å². The third-order valence-corrected chi connectivity index (χ3v) is 3.12. The van der Waals surface area contributed by atoms with Gasteiger partial charge >= 0.3 is 11.7 Å². The van der Waals surface area contributed by atoms with Crippen LogP contribution in [0.5, 0.6) is 0 Å². The van der Waals surface area contributed by atoms with Crippen molar-refractivity contribution in [2.24, 2.45) is 0 Å². The van der Waals surface area contributed by atoms with E-state index in [1.807, 2.05) is 0 Å². The number of fused-ring (bicyclic) bond motifs is 1. The van der Waals surface area contributed by atoms with E-state index < -0.39 is 18.1 Å². The number of carboxylic acid groups (broad SMARTS) is 1. The maximum atomic E-state index is 11.2. The fourth-order valence-electron chi connectivity index (χ4n) is 2.20. The summed E-state index contributed by atoms with van der Waals surface area (Å²) in [7, 11) is 3.29. The maximum Gasteiger partial charge on any atom is 0.323 e. The van der Waals surface area contributed by atoms with Crippen LogP contribution in [0.1, 0.15) is 11.6 Å². The predicted molar refractivity (Wildman–Crippen MR) is 71.2 cm³/mol. The fourth-order valence-corrected chi connectivity index (χ4v) is 2.20. The highest BCUT2D eigenvalue weighted by Crippen LogP contribution is 2.20. The smallest absolute Gasteiger partial charge is 0.323 e. The van der Waals surface area contributed by atoms with Crippen molar-refractivity contribution in [1.29, 1.82) is 0 Å². The molecule has 0 saturated carbocycles. The van der Waals surface area contributed by atoms with Crippen LogP contribution in [0, 0.1) is 0 Å². The number of carboxylic acids is 1. The number of imidazole rings is 1. The molecule has 0 spiro atoms. The highest BCUT2D eigenvalue weighted by atomic mass is 16.4. The van der Waals surface area contributed by atoms with Gasteiger partial charge in [-0.05, 0) is 31.8 Å². The SMILES string of the molecule is CNC(C(=O)O)C(NC)c1ccc2[nH]c(=O)[nH]c2c1. The molecule has 19 heavy (non-hydrogen) atoms. The molecule has 1 heterocycles. The number of likely N-dealkylation sites (N-methyl/N-ethyl adjacent to an activating group) is 2. The number of hydrogen-bond donors (Lipinski definition) is 5. The van der Waals surface area contributed by atoms with Crippen LogP contribution >= 0.6 is 0 Å². The van der Waals surface area contributed by atoms with Crippen molar-refractivity contribution in [2.75, 3.05) is 14.1 Å². The number of rotatable bonds is 5. The largest absolute Gasteiger partial charge is 0.480 e. The Hall–Kier alpha value is -2.12. The average Bonchev–Trinajstić information content (AvgIpc) is 2.74. The van der Waals surface area contributed by atoms with Gasteiger partial charge in [0.1, 0.15) is 6.04 Å². The van der Waals surface area contributed by atoms with Gasteiger partial charge in [0.25, 0.3) is 0 Å². The Morgan fingerprint density at radius 2 is 1.89 bits per heavy atom. The van der Waals surface area contributed by atoms with E-state index in [9.17, 15) is 14.7 Å². The zero-order valence-corrected chi connectivity index (χ0v) is 10.7. The quantitative estimate of drug-likeness (QED) is 0.513. The van der Waals surface area contributed by atoms with Crippen LogP contribution in [0.15, 0.2) is 23.0 Å². The zero-order valence-electron chi connectivity index (χ0n) is 10.7. The molecule has 0 aliphatic heterocycles. The lowest BCUT2D eigenvalue weighted by Crippen LogP contribution is -2.44.